The van der Waals surface area contributed by atoms with Crippen LogP contribution in [0, 0.1) is 0 Å². The van der Waals surface area contributed by atoms with E-state index < -0.39 is 0 Å². The van der Waals surface area contributed by atoms with E-state index in [0.717, 1.165) is 24.0 Å². The van der Waals surface area contributed by atoms with E-state index >= 15 is 0 Å². The Balaban J connectivity index is 3.24. The number of nitrogens with zero attached hydrogens (tertiary/aromatic N) is 1. The lowest BCUT2D eigenvalue weighted by molar-refractivity contribution is 0.423. The summed E-state index contributed by atoms with van der Waals surface area (Å²) in [6, 6.07) is 1.62. The molecule has 0 aromatic carbocycles. The van der Waals surface area contributed by atoms with Crippen molar-refractivity contribution in [1.29, 1.82) is 0 Å². The smallest absolute Gasteiger partial charge is 0.263 e. The molecule has 14 heavy (non-hydrogen) atoms. The molecule has 0 aliphatic heterocycles. The summed E-state index contributed by atoms with van der Waals surface area (Å²) in [5.41, 5.74) is 1.96. The molecule has 0 aliphatic rings. The van der Waals surface area contributed by atoms with Gasteiger partial charge in [-0.15, -0.1) is 0 Å². The monoisotopic (exact) mass is 192 g/mol. The molecule has 0 spiro atoms. The van der Waals surface area contributed by atoms with Crippen molar-refractivity contribution >= 4 is 13.3 Å². The lowest BCUT2D eigenvalue weighted by atomic mass is 9.75. The summed E-state index contributed by atoms with van der Waals surface area (Å²) in [4.78, 5) is 11.0. The van der Waals surface area contributed by atoms with Gasteiger partial charge in [-0.2, -0.15) is 5.10 Å². The zero-order valence-corrected chi connectivity index (χ0v) is 9.35. The van der Waals surface area contributed by atoms with Crippen LogP contribution in [0.3, 0.4) is 0 Å². The van der Waals surface area contributed by atoms with Crippen LogP contribution in [0.2, 0.25) is 0 Å². The summed E-state index contributed by atoms with van der Waals surface area (Å²) in [5, 5.41) is 6.66. The second-order valence-corrected chi connectivity index (χ2v) is 4.03. The molecule has 3 nitrogen and oxygen atoms in total. The molecule has 1 N–H and O–H groups in total. The van der Waals surface area contributed by atoms with Crippen LogP contribution in [0.25, 0.3) is 0 Å². The van der Waals surface area contributed by atoms with Gasteiger partial charge in [0, 0.05) is 11.5 Å². The van der Waals surface area contributed by atoms with Gasteiger partial charge >= 0.3 is 0 Å². The van der Waals surface area contributed by atoms with Crippen molar-refractivity contribution in [1.82, 2.24) is 10.2 Å². The third-order valence-electron chi connectivity index (χ3n) is 3.13. The van der Waals surface area contributed by atoms with Gasteiger partial charge in [0.25, 0.3) is 5.56 Å². The lowest BCUT2D eigenvalue weighted by Crippen LogP contribution is -2.33. The van der Waals surface area contributed by atoms with E-state index in [4.69, 9.17) is 0 Å². The number of nitrogens with one attached hydrogen (secondary N) is 1. The average Bonchev–Trinajstić information content (AvgIpc) is 2.17. The van der Waals surface area contributed by atoms with E-state index in [-0.39, 0.29) is 11.0 Å². The third kappa shape index (κ3) is 1.89. The second-order valence-electron chi connectivity index (χ2n) is 4.03. The highest BCUT2D eigenvalue weighted by molar-refractivity contribution is 6.33. The van der Waals surface area contributed by atoms with Gasteiger partial charge in [-0.1, -0.05) is 26.2 Å². The summed E-state index contributed by atoms with van der Waals surface area (Å²) in [7, 11) is 1.95. The molecule has 4 heteroatoms. The number of H-pyrrole nitrogens is 1. The highest BCUT2D eigenvalue weighted by Crippen LogP contribution is 2.27. The van der Waals surface area contributed by atoms with Crippen LogP contribution in [-0.2, 0) is 5.41 Å². The molecule has 0 amide bonds. The first-order valence-corrected chi connectivity index (χ1v) is 5.10. The third-order valence-corrected chi connectivity index (χ3v) is 3.13. The summed E-state index contributed by atoms with van der Waals surface area (Å²) in [5.74, 6) is 0. The van der Waals surface area contributed by atoms with Crippen molar-refractivity contribution in [3.05, 3.63) is 22.1 Å². The second kappa shape index (κ2) is 3.99. The summed E-state index contributed by atoms with van der Waals surface area (Å²) in [6.45, 7) is 6.48. The molecule has 0 aliphatic carbocycles. The molecule has 0 bridgehead atoms. The Labute approximate surface area is 85.3 Å². The molecule has 76 valence electrons. The van der Waals surface area contributed by atoms with Crippen LogP contribution in [0.1, 0.15) is 39.3 Å². The van der Waals surface area contributed by atoms with E-state index in [1.807, 2.05) is 7.85 Å². The SMILES string of the molecule is Bc1cc(=O)[nH]nc1C(C)(CC)CC. The normalized spacial score (nSPS) is 11.6. The van der Waals surface area contributed by atoms with E-state index in [0.29, 0.717) is 0 Å². The number of hydrogen-bond donors (Lipinski definition) is 1. The highest BCUT2D eigenvalue weighted by Gasteiger charge is 2.25. The topological polar surface area (TPSA) is 45.8 Å². The maximum Gasteiger partial charge on any atom is 0.263 e. The Morgan fingerprint density at radius 2 is 2.07 bits per heavy atom. The Hall–Kier alpha value is -1.06. The van der Waals surface area contributed by atoms with Gasteiger partial charge < -0.3 is 0 Å². The Morgan fingerprint density at radius 1 is 1.50 bits per heavy atom. The van der Waals surface area contributed by atoms with Crippen molar-refractivity contribution < 1.29 is 0 Å². The Morgan fingerprint density at radius 3 is 2.50 bits per heavy atom. The van der Waals surface area contributed by atoms with Crippen molar-refractivity contribution in [3.8, 4) is 0 Å². The Kier molecular flexibility index (Phi) is 3.14. The quantitative estimate of drug-likeness (QED) is 0.690. The van der Waals surface area contributed by atoms with E-state index in [1.165, 1.54) is 0 Å². The first-order chi connectivity index (χ1) is 6.53. The first-order valence-electron chi connectivity index (χ1n) is 5.10. The zero-order valence-electron chi connectivity index (χ0n) is 9.35. The summed E-state index contributed by atoms with van der Waals surface area (Å²) in [6.07, 6.45) is 2.06. The summed E-state index contributed by atoms with van der Waals surface area (Å²) >= 11 is 0. The molecule has 0 atom stereocenters. The van der Waals surface area contributed by atoms with Crippen molar-refractivity contribution in [2.45, 2.75) is 39.0 Å². The van der Waals surface area contributed by atoms with Gasteiger partial charge in [-0.3, -0.25) is 4.79 Å². The summed E-state index contributed by atoms with van der Waals surface area (Å²) < 4.78 is 0. The fourth-order valence-corrected chi connectivity index (χ4v) is 1.69. The van der Waals surface area contributed by atoms with Crippen LogP contribution >= 0.6 is 0 Å². The van der Waals surface area contributed by atoms with Crippen LogP contribution < -0.4 is 11.0 Å². The molecular weight excluding hydrogens is 175 g/mol. The molecule has 0 saturated carbocycles. The van der Waals surface area contributed by atoms with Crippen LogP contribution in [0.4, 0.5) is 0 Å². The minimum absolute atomic E-state index is 0.0777. The number of aromatic nitrogens is 2. The number of aromatic amines is 1. The van der Waals surface area contributed by atoms with E-state index in [9.17, 15) is 4.79 Å². The fourth-order valence-electron chi connectivity index (χ4n) is 1.69. The van der Waals surface area contributed by atoms with Gasteiger partial charge in [0.1, 0.15) is 7.85 Å². The minimum Gasteiger partial charge on any atom is -0.268 e. The largest absolute Gasteiger partial charge is 0.268 e. The molecule has 0 unspecified atom stereocenters. The molecule has 0 saturated heterocycles. The molecule has 1 aromatic rings. The number of hydrogen-bond acceptors (Lipinski definition) is 2. The van der Waals surface area contributed by atoms with Gasteiger partial charge in [-0.05, 0) is 12.8 Å². The van der Waals surface area contributed by atoms with Crippen LogP contribution in [-0.4, -0.2) is 18.0 Å². The van der Waals surface area contributed by atoms with Gasteiger partial charge in [-0.25, -0.2) is 5.10 Å². The van der Waals surface area contributed by atoms with E-state index in [1.54, 1.807) is 6.07 Å². The molecule has 1 aromatic heterocycles. The maximum atomic E-state index is 11.0. The number of rotatable bonds is 3. The van der Waals surface area contributed by atoms with Gasteiger partial charge in [0.2, 0.25) is 0 Å². The van der Waals surface area contributed by atoms with Crippen LogP contribution in [0.15, 0.2) is 10.9 Å². The van der Waals surface area contributed by atoms with Gasteiger partial charge in [0.05, 0.1) is 5.69 Å². The predicted octanol–water partition coefficient (Wildman–Crippen LogP) is 0.106. The van der Waals surface area contributed by atoms with Crippen LogP contribution in [0.5, 0.6) is 0 Å². The Bertz CT molecular complexity index is 369. The first kappa shape index (κ1) is 11.0. The van der Waals surface area contributed by atoms with Gasteiger partial charge in [0.15, 0.2) is 0 Å². The molecule has 1 heterocycles. The molecule has 0 fully saturated rings. The lowest BCUT2D eigenvalue weighted by Gasteiger charge is -2.27. The predicted molar refractivity (Wildman–Crippen MR) is 61.0 cm³/mol. The minimum atomic E-state index is -0.124. The van der Waals surface area contributed by atoms with E-state index in [2.05, 4.69) is 31.0 Å². The molecular formula is C10H17BN2O. The van der Waals surface area contributed by atoms with Crippen molar-refractivity contribution in [2.24, 2.45) is 0 Å². The molecule has 1 rings (SSSR count). The average molecular weight is 192 g/mol. The highest BCUT2D eigenvalue weighted by atomic mass is 16.1. The zero-order chi connectivity index (χ0) is 10.8. The molecule has 0 radical (unpaired) electrons. The standard InChI is InChI=1S/C10H17BN2O/c1-4-10(3,5-2)9-7(11)6-8(14)12-13-9/h6H,4-5,11H2,1-3H3,(H,12,14). The van der Waals surface area contributed by atoms with Crippen molar-refractivity contribution in [3.63, 3.8) is 0 Å². The maximum absolute atomic E-state index is 11.0. The fraction of sp³-hybridized carbons (Fsp3) is 0.600. The van der Waals surface area contributed by atoms with Crippen molar-refractivity contribution in [2.75, 3.05) is 0 Å².